The van der Waals surface area contributed by atoms with Crippen molar-refractivity contribution >= 4 is 27.4 Å². The summed E-state index contributed by atoms with van der Waals surface area (Å²) < 4.78 is 37.0. The quantitative estimate of drug-likeness (QED) is 0.577. The largest absolute Gasteiger partial charge is 0.474 e. The van der Waals surface area contributed by atoms with E-state index in [2.05, 4.69) is 20.3 Å². The van der Waals surface area contributed by atoms with Crippen molar-refractivity contribution in [1.82, 2.24) is 19.9 Å². The second-order valence-corrected chi connectivity index (χ2v) is 13.5. The number of rotatable bonds is 6. The molecule has 4 heterocycles. The van der Waals surface area contributed by atoms with Crippen LogP contribution < -0.4 is 10.1 Å². The lowest BCUT2D eigenvalue weighted by Gasteiger charge is -2.39. The molecule has 0 aromatic carbocycles. The monoisotopic (exact) mass is 529 g/mol. The van der Waals surface area contributed by atoms with Crippen LogP contribution in [0.5, 0.6) is 5.88 Å². The molecule has 2 aliphatic heterocycles. The number of pyridine rings is 1. The second-order valence-electron chi connectivity index (χ2n) is 11.3. The number of aromatic nitrogens is 3. The third kappa shape index (κ3) is 5.37. The van der Waals surface area contributed by atoms with E-state index in [1.807, 2.05) is 32.6 Å². The molecule has 1 amide bonds. The SMILES string of the molecule is Cc1nc(S(=O)(=O)C2CC2)ccc1Nc1ncnc(OC2CC3CCC(C2)N3C(=O)OC(C)(C)C)c1C. The number of fused-ring (bicyclic) bond motifs is 2. The maximum absolute atomic E-state index is 12.7. The predicted octanol–water partition coefficient (Wildman–Crippen LogP) is 4.48. The summed E-state index contributed by atoms with van der Waals surface area (Å²) in [5.74, 6) is 1.06. The zero-order valence-corrected chi connectivity index (χ0v) is 22.8. The molecule has 1 saturated carbocycles. The Hall–Kier alpha value is -2.95. The van der Waals surface area contributed by atoms with Gasteiger partial charge in [-0.15, -0.1) is 0 Å². The number of amides is 1. The minimum atomic E-state index is -3.35. The molecule has 3 aliphatic rings. The smallest absolute Gasteiger partial charge is 0.410 e. The summed E-state index contributed by atoms with van der Waals surface area (Å²) in [4.78, 5) is 27.7. The molecule has 10 nitrogen and oxygen atoms in total. The summed E-state index contributed by atoms with van der Waals surface area (Å²) in [6.45, 7) is 9.31. The van der Waals surface area contributed by atoms with Crippen LogP contribution in [0.1, 0.15) is 70.6 Å². The van der Waals surface area contributed by atoms with Gasteiger partial charge in [0.1, 0.15) is 23.9 Å². The molecular formula is C26H35N5O5S. The first-order chi connectivity index (χ1) is 17.4. The lowest BCUT2D eigenvalue weighted by Crippen LogP contribution is -2.50. The van der Waals surface area contributed by atoms with Crippen molar-refractivity contribution in [3.05, 3.63) is 29.7 Å². The number of hydrogen-bond acceptors (Lipinski definition) is 9. The highest BCUT2D eigenvalue weighted by Gasteiger charge is 2.46. The van der Waals surface area contributed by atoms with Crippen molar-refractivity contribution in [1.29, 1.82) is 0 Å². The molecule has 11 heteroatoms. The van der Waals surface area contributed by atoms with Crippen LogP contribution in [0.15, 0.2) is 23.5 Å². The van der Waals surface area contributed by atoms with E-state index in [1.54, 1.807) is 19.1 Å². The van der Waals surface area contributed by atoms with Gasteiger partial charge in [-0.2, -0.15) is 0 Å². The van der Waals surface area contributed by atoms with Crippen molar-refractivity contribution in [2.24, 2.45) is 0 Å². The van der Waals surface area contributed by atoms with Gasteiger partial charge in [0.15, 0.2) is 14.9 Å². The Kier molecular flexibility index (Phi) is 6.54. The van der Waals surface area contributed by atoms with E-state index in [0.29, 0.717) is 35.9 Å². The summed E-state index contributed by atoms with van der Waals surface area (Å²) in [6.07, 6.45) is 5.88. The van der Waals surface area contributed by atoms with Gasteiger partial charge in [-0.05, 0) is 72.4 Å². The third-order valence-electron chi connectivity index (χ3n) is 7.18. The van der Waals surface area contributed by atoms with Crippen LogP contribution >= 0.6 is 0 Å². The molecule has 3 fully saturated rings. The standard InChI is InChI=1S/C26H35N5O5S/c1-15-23(30-21-10-11-22(29-16(21)2)37(33,34)20-8-9-20)27-14-28-24(15)35-19-12-17-6-7-18(13-19)31(17)25(32)36-26(3,4)5/h10-11,14,17-20H,6-9,12-13H2,1-5H3,(H,27,28,30). The van der Waals surface area contributed by atoms with Crippen LogP contribution in [0.25, 0.3) is 0 Å². The molecule has 2 unspecified atom stereocenters. The highest BCUT2D eigenvalue weighted by atomic mass is 32.2. The average Bonchev–Trinajstić information content (AvgIpc) is 3.62. The number of anilines is 2. The van der Waals surface area contributed by atoms with E-state index in [4.69, 9.17) is 9.47 Å². The van der Waals surface area contributed by atoms with Crippen molar-refractivity contribution in [2.75, 3.05) is 5.32 Å². The summed E-state index contributed by atoms with van der Waals surface area (Å²) >= 11 is 0. The van der Waals surface area contributed by atoms with Crippen molar-refractivity contribution < 1.29 is 22.7 Å². The summed E-state index contributed by atoms with van der Waals surface area (Å²) in [7, 11) is -3.35. The molecule has 1 aliphatic carbocycles. The Balaban J connectivity index is 1.27. The zero-order valence-electron chi connectivity index (χ0n) is 22.0. The van der Waals surface area contributed by atoms with E-state index < -0.39 is 15.4 Å². The molecule has 5 rings (SSSR count). The Morgan fingerprint density at radius 1 is 1.05 bits per heavy atom. The van der Waals surface area contributed by atoms with Gasteiger partial charge in [0.2, 0.25) is 5.88 Å². The fourth-order valence-corrected chi connectivity index (χ4v) is 6.80. The van der Waals surface area contributed by atoms with Crippen LogP contribution in [0.2, 0.25) is 0 Å². The van der Waals surface area contributed by atoms with Crippen molar-refractivity contribution in [3.63, 3.8) is 0 Å². The van der Waals surface area contributed by atoms with E-state index in [0.717, 1.165) is 31.2 Å². The molecule has 2 aromatic rings. The van der Waals surface area contributed by atoms with E-state index in [-0.39, 0.29) is 34.6 Å². The van der Waals surface area contributed by atoms with Crippen LogP contribution in [-0.4, -0.2) is 63.4 Å². The van der Waals surface area contributed by atoms with Gasteiger partial charge >= 0.3 is 6.09 Å². The molecule has 200 valence electrons. The molecule has 2 aromatic heterocycles. The fraction of sp³-hybridized carbons (Fsp3) is 0.615. The molecule has 1 N–H and O–H groups in total. The lowest BCUT2D eigenvalue weighted by molar-refractivity contribution is -0.00770. The average molecular weight is 530 g/mol. The van der Waals surface area contributed by atoms with Gasteiger partial charge in [0, 0.05) is 24.9 Å². The van der Waals surface area contributed by atoms with Crippen LogP contribution in [-0.2, 0) is 14.6 Å². The second kappa shape index (κ2) is 9.41. The first kappa shape index (κ1) is 25.7. The minimum absolute atomic E-state index is 0.0621. The van der Waals surface area contributed by atoms with Gasteiger partial charge in [0.05, 0.1) is 22.2 Å². The van der Waals surface area contributed by atoms with Gasteiger partial charge < -0.3 is 19.7 Å². The van der Waals surface area contributed by atoms with Gasteiger partial charge in [-0.3, -0.25) is 0 Å². The first-order valence-corrected chi connectivity index (χ1v) is 14.4. The number of nitrogens with one attached hydrogen (secondary N) is 1. The maximum Gasteiger partial charge on any atom is 0.410 e. The summed E-state index contributed by atoms with van der Waals surface area (Å²) in [6, 6.07) is 3.46. The first-order valence-electron chi connectivity index (χ1n) is 12.9. The molecule has 0 radical (unpaired) electrons. The predicted molar refractivity (Wildman–Crippen MR) is 138 cm³/mol. The Bertz CT molecular complexity index is 1290. The molecular weight excluding hydrogens is 494 g/mol. The topological polar surface area (TPSA) is 124 Å². The number of carbonyl (C=O) groups is 1. The fourth-order valence-electron chi connectivity index (χ4n) is 5.18. The Labute approximate surface area is 218 Å². The number of piperidine rings is 1. The van der Waals surface area contributed by atoms with Gasteiger partial charge in [-0.25, -0.2) is 28.2 Å². The van der Waals surface area contributed by atoms with Crippen molar-refractivity contribution in [2.45, 2.75) is 107 Å². The summed E-state index contributed by atoms with van der Waals surface area (Å²) in [5, 5.41) is 3.08. The Morgan fingerprint density at radius 2 is 1.73 bits per heavy atom. The molecule has 2 bridgehead atoms. The third-order valence-corrected chi connectivity index (χ3v) is 9.34. The van der Waals surface area contributed by atoms with Crippen LogP contribution in [0.4, 0.5) is 16.3 Å². The number of hydrogen-bond donors (Lipinski definition) is 1. The molecule has 2 saturated heterocycles. The number of aryl methyl sites for hydroxylation is 1. The van der Waals surface area contributed by atoms with E-state index in [9.17, 15) is 13.2 Å². The number of carbonyl (C=O) groups excluding carboxylic acids is 1. The van der Waals surface area contributed by atoms with E-state index >= 15 is 0 Å². The normalized spacial score (nSPS) is 23.6. The highest BCUT2D eigenvalue weighted by Crippen LogP contribution is 2.39. The van der Waals surface area contributed by atoms with Crippen molar-refractivity contribution in [3.8, 4) is 5.88 Å². The maximum atomic E-state index is 12.7. The molecule has 2 atom stereocenters. The van der Waals surface area contributed by atoms with Crippen LogP contribution in [0, 0.1) is 13.8 Å². The Morgan fingerprint density at radius 3 is 2.32 bits per heavy atom. The van der Waals surface area contributed by atoms with E-state index in [1.165, 1.54) is 6.33 Å². The highest BCUT2D eigenvalue weighted by molar-refractivity contribution is 7.92. The lowest BCUT2D eigenvalue weighted by atomic mass is 10.00. The van der Waals surface area contributed by atoms with Crippen LogP contribution in [0.3, 0.4) is 0 Å². The molecule has 37 heavy (non-hydrogen) atoms. The molecule has 0 spiro atoms. The summed E-state index contributed by atoms with van der Waals surface area (Å²) in [5.41, 5.74) is 1.48. The van der Waals surface area contributed by atoms with Gasteiger partial charge in [0.25, 0.3) is 0 Å². The number of ether oxygens (including phenoxy) is 2. The zero-order chi connectivity index (χ0) is 26.5. The number of nitrogens with zero attached hydrogens (tertiary/aromatic N) is 4. The van der Waals surface area contributed by atoms with Gasteiger partial charge in [-0.1, -0.05) is 0 Å². The number of sulfone groups is 1. The minimum Gasteiger partial charge on any atom is -0.474 e.